The van der Waals surface area contributed by atoms with Crippen LogP contribution in [0.25, 0.3) is 11.1 Å². The molecule has 31 heavy (non-hydrogen) atoms. The first-order chi connectivity index (χ1) is 14.7. The van der Waals surface area contributed by atoms with E-state index in [1.807, 2.05) is 4.72 Å². The van der Waals surface area contributed by atoms with E-state index in [1.165, 1.54) is 42.8 Å². The minimum atomic E-state index is -3.98. The maximum atomic E-state index is 12.5. The summed E-state index contributed by atoms with van der Waals surface area (Å²) in [5.41, 5.74) is 1.53. The van der Waals surface area contributed by atoms with E-state index in [-0.39, 0.29) is 16.9 Å². The van der Waals surface area contributed by atoms with Gasteiger partial charge in [0.2, 0.25) is 5.91 Å². The number of aromatic nitrogens is 1. The number of carbonyl (C=O) groups is 3. The number of hydrogen-bond acceptors (Lipinski definition) is 8. The van der Waals surface area contributed by atoms with E-state index in [0.717, 1.165) is 6.92 Å². The molecule has 0 aliphatic rings. The van der Waals surface area contributed by atoms with Gasteiger partial charge in [0.25, 0.3) is 15.9 Å². The van der Waals surface area contributed by atoms with Crippen molar-refractivity contribution in [3.05, 3.63) is 54.4 Å². The lowest BCUT2D eigenvalue weighted by Gasteiger charge is -2.16. The predicted octanol–water partition coefficient (Wildman–Crippen LogP) is 2.23. The fourth-order valence-corrected chi connectivity index (χ4v) is 3.68. The number of fused-ring (bicyclic) bond motifs is 1. The fraction of sp³-hybridized carbons (Fsp3) is 0.200. The van der Waals surface area contributed by atoms with Crippen LogP contribution in [0, 0.1) is 0 Å². The van der Waals surface area contributed by atoms with Crippen molar-refractivity contribution in [2.45, 2.75) is 31.3 Å². The number of nitrogens with one attached hydrogen (secondary N) is 2. The van der Waals surface area contributed by atoms with Gasteiger partial charge in [0.1, 0.15) is 5.52 Å². The topological polar surface area (TPSA) is 145 Å². The van der Waals surface area contributed by atoms with Gasteiger partial charge in [0, 0.05) is 12.6 Å². The molecule has 2 aromatic carbocycles. The van der Waals surface area contributed by atoms with Crippen LogP contribution in [0.1, 0.15) is 30.6 Å². The number of benzene rings is 2. The molecule has 10 nitrogen and oxygen atoms in total. The standard InChI is InChI=1S/C20H19N3O7S/c1-3-17(30-20(26)13-4-9-18-16(10-13)21-11-29-18)19(25)22-14-5-7-15(8-6-14)31(27,28)23-12(2)24/h4-11,17H,3H2,1-2H3,(H,22,25)(H,23,24). The summed E-state index contributed by atoms with van der Waals surface area (Å²) in [7, 11) is -3.98. The number of ether oxygens (including phenoxy) is 1. The third kappa shape index (κ3) is 5.25. The third-order valence-electron chi connectivity index (χ3n) is 4.19. The second-order valence-corrected chi connectivity index (χ2v) is 8.19. The zero-order valence-electron chi connectivity index (χ0n) is 16.6. The monoisotopic (exact) mass is 445 g/mol. The number of oxazole rings is 1. The van der Waals surface area contributed by atoms with Crippen molar-refractivity contribution in [3.63, 3.8) is 0 Å². The molecule has 1 heterocycles. The molecule has 2 amide bonds. The highest BCUT2D eigenvalue weighted by atomic mass is 32.2. The van der Waals surface area contributed by atoms with Gasteiger partial charge in [-0.2, -0.15) is 0 Å². The Balaban J connectivity index is 1.66. The van der Waals surface area contributed by atoms with E-state index in [9.17, 15) is 22.8 Å². The number of anilines is 1. The average molecular weight is 445 g/mol. The van der Waals surface area contributed by atoms with Gasteiger partial charge in [-0.15, -0.1) is 0 Å². The summed E-state index contributed by atoms with van der Waals surface area (Å²) >= 11 is 0. The Labute approximate surface area is 177 Å². The molecule has 0 fully saturated rings. The average Bonchev–Trinajstić information content (AvgIpc) is 3.19. The van der Waals surface area contributed by atoms with Crippen molar-refractivity contribution in [3.8, 4) is 0 Å². The number of amides is 2. The SMILES string of the molecule is CCC(OC(=O)c1ccc2ocnc2c1)C(=O)Nc1ccc(S(=O)(=O)NC(C)=O)cc1. The number of hydrogen-bond donors (Lipinski definition) is 2. The van der Waals surface area contributed by atoms with Crippen LogP contribution in [-0.2, 0) is 24.3 Å². The molecule has 1 atom stereocenters. The first-order valence-electron chi connectivity index (χ1n) is 9.18. The summed E-state index contributed by atoms with van der Waals surface area (Å²) in [6.45, 7) is 2.77. The minimum Gasteiger partial charge on any atom is -0.449 e. The van der Waals surface area contributed by atoms with Crippen LogP contribution >= 0.6 is 0 Å². The van der Waals surface area contributed by atoms with Crippen LogP contribution in [-0.4, -0.2) is 37.3 Å². The maximum Gasteiger partial charge on any atom is 0.338 e. The Morgan fingerprint density at radius 2 is 1.84 bits per heavy atom. The largest absolute Gasteiger partial charge is 0.449 e. The smallest absolute Gasteiger partial charge is 0.338 e. The molecule has 3 rings (SSSR count). The normalized spacial score (nSPS) is 12.2. The summed E-state index contributed by atoms with van der Waals surface area (Å²) in [5, 5.41) is 2.57. The van der Waals surface area contributed by atoms with Gasteiger partial charge >= 0.3 is 5.97 Å². The van der Waals surface area contributed by atoms with Crippen molar-refractivity contribution >= 4 is 44.6 Å². The summed E-state index contributed by atoms with van der Waals surface area (Å²) in [6.07, 6.45) is 0.413. The molecule has 0 aliphatic heterocycles. The summed E-state index contributed by atoms with van der Waals surface area (Å²) in [6, 6.07) is 9.78. The van der Waals surface area contributed by atoms with Gasteiger partial charge in [-0.25, -0.2) is 22.9 Å². The van der Waals surface area contributed by atoms with Crippen molar-refractivity contribution in [2.24, 2.45) is 0 Å². The molecule has 1 unspecified atom stereocenters. The van der Waals surface area contributed by atoms with Crippen molar-refractivity contribution in [1.82, 2.24) is 9.71 Å². The Morgan fingerprint density at radius 1 is 1.13 bits per heavy atom. The molecule has 3 aromatic rings. The first kappa shape index (κ1) is 22.0. The van der Waals surface area contributed by atoms with E-state index in [2.05, 4.69) is 10.3 Å². The molecule has 1 aromatic heterocycles. The summed E-state index contributed by atoms with van der Waals surface area (Å²) in [5.74, 6) is -1.98. The highest BCUT2D eigenvalue weighted by Gasteiger charge is 2.23. The molecule has 0 saturated heterocycles. The second-order valence-electron chi connectivity index (χ2n) is 6.51. The summed E-state index contributed by atoms with van der Waals surface area (Å²) < 4.78 is 36.2. The number of nitrogens with zero attached hydrogens (tertiary/aromatic N) is 1. The van der Waals surface area contributed by atoms with E-state index in [4.69, 9.17) is 9.15 Å². The van der Waals surface area contributed by atoms with Gasteiger partial charge in [-0.3, -0.25) is 9.59 Å². The molecule has 0 bridgehead atoms. The van der Waals surface area contributed by atoms with Crippen LogP contribution in [0.2, 0.25) is 0 Å². The predicted molar refractivity (Wildman–Crippen MR) is 110 cm³/mol. The fourth-order valence-electron chi connectivity index (χ4n) is 2.69. The van der Waals surface area contributed by atoms with Gasteiger partial charge in [0.05, 0.1) is 10.5 Å². The van der Waals surface area contributed by atoms with E-state index in [0.29, 0.717) is 16.8 Å². The maximum absolute atomic E-state index is 12.5. The van der Waals surface area contributed by atoms with Crippen LogP contribution < -0.4 is 10.0 Å². The summed E-state index contributed by atoms with van der Waals surface area (Å²) in [4.78, 5) is 39.8. The van der Waals surface area contributed by atoms with Crippen LogP contribution in [0.15, 0.2) is 58.2 Å². The molecule has 0 saturated carbocycles. The quantitative estimate of drug-likeness (QED) is 0.527. The van der Waals surface area contributed by atoms with Gasteiger partial charge in [-0.05, 0) is 48.9 Å². The second kappa shape index (κ2) is 8.96. The third-order valence-corrected chi connectivity index (χ3v) is 5.64. The van der Waals surface area contributed by atoms with E-state index in [1.54, 1.807) is 13.0 Å². The zero-order valence-corrected chi connectivity index (χ0v) is 17.4. The molecular weight excluding hydrogens is 426 g/mol. The molecular formula is C20H19N3O7S. The molecule has 2 N–H and O–H groups in total. The first-order valence-corrected chi connectivity index (χ1v) is 10.7. The Kier molecular flexibility index (Phi) is 6.35. The lowest BCUT2D eigenvalue weighted by Crippen LogP contribution is -2.32. The zero-order chi connectivity index (χ0) is 22.6. The Bertz CT molecular complexity index is 1230. The Hall–Kier alpha value is -3.73. The lowest BCUT2D eigenvalue weighted by molar-refractivity contribution is -0.124. The van der Waals surface area contributed by atoms with Crippen molar-refractivity contribution in [2.75, 3.05) is 5.32 Å². The highest BCUT2D eigenvalue weighted by molar-refractivity contribution is 7.90. The molecule has 162 valence electrons. The molecule has 0 radical (unpaired) electrons. The van der Waals surface area contributed by atoms with Crippen LogP contribution in [0.4, 0.5) is 5.69 Å². The Morgan fingerprint density at radius 3 is 2.48 bits per heavy atom. The van der Waals surface area contributed by atoms with Crippen molar-refractivity contribution in [1.29, 1.82) is 0 Å². The van der Waals surface area contributed by atoms with Gasteiger partial charge < -0.3 is 14.5 Å². The van der Waals surface area contributed by atoms with Crippen molar-refractivity contribution < 1.29 is 32.0 Å². The van der Waals surface area contributed by atoms with Gasteiger partial charge in [0.15, 0.2) is 18.1 Å². The van der Waals surface area contributed by atoms with E-state index < -0.39 is 33.9 Å². The molecule has 0 aliphatic carbocycles. The number of sulfonamides is 1. The number of rotatable bonds is 7. The molecule has 0 spiro atoms. The highest BCUT2D eigenvalue weighted by Crippen LogP contribution is 2.18. The van der Waals surface area contributed by atoms with E-state index >= 15 is 0 Å². The minimum absolute atomic E-state index is 0.137. The lowest BCUT2D eigenvalue weighted by atomic mass is 10.2. The van der Waals surface area contributed by atoms with Crippen LogP contribution in [0.5, 0.6) is 0 Å². The van der Waals surface area contributed by atoms with Crippen LogP contribution in [0.3, 0.4) is 0 Å². The number of carbonyl (C=O) groups excluding carboxylic acids is 3. The molecule has 11 heteroatoms. The van der Waals surface area contributed by atoms with Gasteiger partial charge in [-0.1, -0.05) is 6.92 Å². The number of esters is 1.